The normalized spacial score (nSPS) is 12.9. The van der Waals surface area contributed by atoms with Gasteiger partial charge in [-0.05, 0) is 45.4 Å². The van der Waals surface area contributed by atoms with Crippen molar-refractivity contribution in [2.45, 2.75) is 45.8 Å². The summed E-state index contributed by atoms with van der Waals surface area (Å²) in [7, 11) is 0. The van der Waals surface area contributed by atoms with Crippen molar-refractivity contribution in [2.24, 2.45) is 0 Å². The van der Waals surface area contributed by atoms with Gasteiger partial charge in [-0.2, -0.15) is 0 Å². The van der Waals surface area contributed by atoms with E-state index < -0.39 is 23.6 Å². The van der Waals surface area contributed by atoms with Gasteiger partial charge < -0.3 is 9.84 Å². The van der Waals surface area contributed by atoms with E-state index in [-0.39, 0.29) is 6.42 Å². The Labute approximate surface area is 112 Å². The van der Waals surface area contributed by atoms with Gasteiger partial charge in [0, 0.05) is 12.1 Å². The molecule has 19 heavy (non-hydrogen) atoms. The molecular formula is C14H20FNO3. The average molecular weight is 269 g/mol. The van der Waals surface area contributed by atoms with Gasteiger partial charge in [0.25, 0.3) is 0 Å². The second kappa shape index (κ2) is 6.02. The van der Waals surface area contributed by atoms with Crippen LogP contribution in [0.4, 0.5) is 14.9 Å². The molecule has 0 aliphatic carbocycles. The van der Waals surface area contributed by atoms with Gasteiger partial charge in [0.2, 0.25) is 0 Å². The van der Waals surface area contributed by atoms with Crippen LogP contribution in [0.25, 0.3) is 0 Å². The Morgan fingerprint density at radius 2 is 2.11 bits per heavy atom. The monoisotopic (exact) mass is 269 g/mol. The quantitative estimate of drug-likeness (QED) is 0.886. The molecule has 0 aliphatic rings. The summed E-state index contributed by atoms with van der Waals surface area (Å²) in [6, 6.07) is 4.32. The molecule has 4 nitrogen and oxygen atoms in total. The van der Waals surface area contributed by atoms with E-state index in [0.29, 0.717) is 11.3 Å². The van der Waals surface area contributed by atoms with Crippen LogP contribution < -0.4 is 5.32 Å². The summed E-state index contributed by atoms with van der Waals surface area (Å²) in [6.45, 7) is 6.84. The van der Waals surface area contributed by atoms with Crippen molar-refractivity contribution in [2.75, 3.05) is 5.32 Å². The lowest BCUT2D eigenvalue weighted by Crippen LogP contribution is -2.27. The second-order valence-corrected chi connectivity index (χ2v) is 5.49. The highest BCUT2D eigenvalue weighted by Gasteiger charge is 2.16. The van der Waals surface area contributed by atoms with Crippen molar-refractivity contribution in [3.05, 3.63) is 29.6 Å². The molecule has 0 fully saturated rings. The van der Waals surface area contributed by atoms with Gasteiger partial charge in [0.15, 0.2) is 0 Å². The van der Waals surface area contributed by atoms with Gasteiger partial charge >= 0.3 is 6.09 Å². The summed E-state index contributed by atoms with van der Waals surface area (Å²) < 4.78 is 18.8. The van der Waals surface area contributed by atoms with Gasteiger partial charge in [-0.3, -0.25) is 5.32 Å². The number of halogens is 1. The lowest BCUT2D eigenvalue weighted by Gasteiger charge is -2.19. The van der Waals surface area contributed by atoms with Crippen molar-refractivity contribution in [1.29, 1.82) is 0 Å². The fourth-order valence-electron chi connectivity index (χ4n) is 1.53. The Balaban J connectivity index is 2.71. The molecule has 1 rings (SSSR count). The Hall–Kier alpha value is -1.62. The number of ether oxygens (including phenoxy) is 1. The minimum atomic E-state index is -0.629. The van der Waals surface area contributed by atoms with Crippen molar-refractivity contribution < 1.29 is 19.0 Å². The molecule has 0 spiro atoms. The first-order valence-corrected chi connectivity index (χ1v) is 6.14. The molecule has 0 aliphatic heterocycles. The maximum atomic E-state index is 13.7. The highest BCUT2D eigenvalue weighted by molar-refractivity contribution is 5.84. The maximum absolute atomic E-state index is 13.7. The van der Waals surface area contributed by atoms with Crippen LogP contribution >= 0.6 is 0 Å². The third-order valence-electron chi connectivity index (χ3n) is 2.21. The molecule has 0 heterocycles. The molecule has 1 aromatic rings. The number of hydrogen-bond acceptors (Lipinski definition) is 3. The standard InChI is InChI=1S/C14H20FNO3/c1-9(17)7-10-5-6-11(8-12(10)15)16-13(18)19-14(2,3)4/h5-6,8-9,17H,7H2,1-4H3,(H,16,18)/t9-/m1/s1. The summed E-state index contributed by atoms with van der Waals surface area (Å²) in [5.41, 5.74) is 0.125. The largest absolute Gasteiger partial charge is 0.444 e. The van der Waals surface area contributed by atoms with Crippen LogP contribution in [0.15, 0.2) is 18.2 Å². The van der Waals surface area contributed by atoms with Crippen molar-refractivity contribution in [3.8, 4) is 0 Å². The van der Waals surface area contributed by atoms with Crippen molar-refractivity contribution in [3.63, 3.8) is 0 Å². The summed E-state index contributed by atoms with van der Waals surface area (Å²) in [4.78, 5) is 11.5. The van der Waals surface area contributed by atoms with Gasteiger partial charge in [-0.1, -0.05) is 6.07 Å². The van der Waals surface area contributed by atoms with Gasteiger partial charge in [-0.25, -0.2) is 9.18 Å². The van der Waals surface area contributed by atoms with E-state index in [1.165, 1.54) is 12.1 Å². The first-order valence-electron chi connectivity index (χ1n) is 6.14. The molecular weight excluding hydrogens is 249 g/mol. The minimum Gasteiger partial charge on any atom is -0.444 e. The van der Waals surface area contributed by atoms with Crippen molar-refractivity contribution >= 4 is 11.8 Å². The van der Waals surface area contributed by atoms with Crippen LogP contribution in [0.3, 0.4) is 0 Å². The maximum Gasteiger partial charge on any atom is 0.412 e. The number of aliphatic hydroxyl groups excluding tert-OH is 1. The molecule has 0 saturated heterocycles. The topological polar surface area (TPSA) is 58.6 Å². The summed E-state index contributed by atoms with van der Waals surface area (Å²) in [6.07, 6.45) is -1.01. The fraction of sp³-hybridized carbons (Fsp3) is 0.500. The predicted molar refractivity (Wildman–Crippen MR) is 71.6 cm³/mol. The first-order chi connectivity index (χ1) is 8.67. The number of aliphatic hydroxyl groups is 1. The Morgan fingerprint density at radius 3 is 2.58 bits per heavy atom. The molecule has 5 heteroatoms. The molecule has 0 unspecified atom stereocenters. The van der Waals surface area contributed by atoms with Gasteiger partial charge in [0.05, 0.1) is 6.10 Å². The Kier molecular flexibility index (Phi) is 4.89. The zero-order valence-corrected chi connectivity index (χ0v) is 11.7. The van der Waals surface area contributed by atoms with E-state index in [9.17, 15) is 14.3 Å². The lowest BCUT2D eigenvalue weighted by atomic mass is 10.1. The fourth-order valence-corrected chi connectivity index (χ4v) is 1.53. The second-order valence-electron chi connectivity index (χ2n) is 5.49. The van der Waals surface area contributed by atoms with Crippen LogP contribution in [0, 0.1) is 5.82 Å². The molecule has 0 aromatic heterocycles. The average Bonchev–Trinajstić information content (AvgIpc) is 2.18. The molecule has 106 valence electrons. The minimum absolute atomic E-state index is 0.235. The smallest absolute Gasteiger partial charge is 0.412 e. The number of benzene rings is 1. The lowest BCUT2D eigenvalue weighted by molar-refractivity contribution is 0.0636. The zero-order chi connectivity index (χ0) is 14.6. The summed E-state index contributed by atoms with van der Waals surface area (Å²) in [5.74, 6) is -0.463. The Bertz CT molecular complexity index is 452. The Morgan fingerprint density at radius 1 is 1.47 bits per heavy atom. The van der Waals surface area contributed by atoms with Crippen LogP contribution in [-0.4, -0.2) is 22.9 Å². The molecule has 0 saturated carbocycles. The third-order valence-corrected chi connectivity index (χ3v) is 2.21. The SMILES string of the molecule is C[C@@H](O)Cc1ccc(NC(=O)OC(C)(C)C)cc1F. The summed E-state index contributed by atoms with van der Waals surface area (Å²) >= 11 is 0. The number of rotatable bonds is 3. The number of carbonyl (C=O) groups excluding carboxylic acids is 1. The molecule has 0 bridgehead atoms. The van der Waals surface area contributed by atoms with E-state index in [1.807, 2.05) is 0 Å². The van der Waals surface area contributed by atoms with Crippen LogP contribution in [0.1, 0.15) is 33.3 Å². The zero-order valence-electron chi connectivity index (χ0n) is 11.7. The number of amides is 1. The van der Waals surface area contributed by atoms with E-state index >= 15 is 0 Å². The number of carbonyl (C=O) groups is 1. The summed E-state index contributed by atoms with van der Waals surface area (Å²) in [5, 5.41) is 11.7. The number of anilines is 1. The molecule has 0 radical (unpaired) electrons. The number of nitrogens with one attached hydrogen (secondary N) is 1. The molecule has 1 amide bonds. The number of hydrogen-bond donors (Lipinski definition) is 2. The van der Waals surface area contributed by atoms with Crippen molar-refractivity contribution in [1.82, 2.24) is 0 Å². The molecule has 2 N–H and O–H groups in total. The molecule has 1 atom stereocenters. The third kappa shape index (κ3) is 5.70. The van der Waals surface area contributed by atoms with Crippen LogP contribution in [0.5, 0.6) is 0 Å². The highest BCUT2D eigenvalue weighted by atomic mass is 19.1. The van der Waals surface area contributed by atoms with E-state index in [1.54, 1.807) is 33.8 Å². The van der Waals surface area contributed by atoms with E-state index in [0.717, 1.165) is 0 Å². The van der Waals surface area contributed by atoms with E-state index in [4.69, 9.17) is 4.74 Å². The van der Waals surface area contributed by atoms with Crippen LogP contribution in [-0.2, 0) is 11.2 Å². The van der Waals surface area contributed by atoms with Gasteiger partial charge in [0.1, 0.15) is 11.4 Å². The highest BCUT2D eigenvalue weighted by Crippen LogP contribution is 2.17. The van der Waals surface area contributed by atoms with Crippen LogP contribution in [0.2, 0.25) is 0 Å². The predicted octanol–water partition coefficient (Wildman–Crippen LogP) is 3.10. The van der Waals surface area contributed by atoms with Gasteiger partial charge in [-0.15, -0.1) is 0 Å². The first kappa shape index (κ1) is 15.4. The van der Waals surface area contributed by atoms with E-state index in [2.05, 4.69) is 5.32 Å². The molecule has 1 aromatic carbocycles.